The molecule has 0 unspecified atom stereocenters. The average molecular weight is 280 g/mol. The molecule has 4 nitrogen and oxygen atoms in total. The number of ether oxygens (including phenoxy) is 1. The van der Waals surface area contributed by atoms with Gasteiger partial charge in [0.2, 0.25) is 0 Å². The molecule has 0 spiro atoms. The van der Waals surface area contributed by atoms with E-state index in [1.807, 2.05) is 18.2 Å². The molecule has 1 aromatic carbocycles. The molecular formula is C14H18ClN3O. The Kier molecular flexibility index (Phi) is 5.39. The first-order chi connectivity index (χ1) is 9.31. The second-order valence-electron chi connectivity index (χ2n) is 4.21. The molecule has 0 aliphatic rings. The van der Waals surface area contributed by atoms with Gasteiger partial charge >= 0.3 is 0 Å². The predicted octanol–water partition coefficient (Wildman–Crippen LogP) is 2.21. The molecule has 19 heavy (non-hydrogen) atoms. The molecule has 1 heterocycles. The van der Waals surface area contributed by atoms with Crippen molar-refractivity contribution in [2.24, 2.45) is 5.73 Å². The highest BCUT2D eigenvalue weighted by Gasteiger charge is 2.01. The predicted molar refractivity (Wildman–Crippen MR) is 78.8 cm³/mol. The molecule has 0 bridgehead atoms. The van der Waals surface area contributed by atoms with Crippen LogP contribution in [0.1, 0.15) is 6.42 Å². The Morgan fingerprint density at radius 2 is 2.16 bits per heavy atom. The van der Waals surface area contributed by atoms with Crippen molar-refractivity contribution in [3.8, 4) is 5.75 Å². The van der Waals surface area contributed by atoms with Crippen LogP contribution in [0.2, 0.25) is 5.02 Å². The second-order valence-corrected chi connectivity index (χ2v) is 4.62. The zero-order valence-corrected chi connectivity index (χ0v) is 11.5. The van der Waals surface area contributed by atoms with E-state index in [9.17, 15) is 0 Å². The number of hydrogen-bond acceptors (Lipinski definition) is 4. The number of fused-ring (bicyclic) bond motifs is 1. The third-order valence-corrected chi connectivity index (χ3v) is 3.10. The molecule has 2 aromatic rings. The maximum absolute atomic E-state index is 6.08. The van der Waals surface area contributed by atoms with Gasteiger partial charge in [0.15, 0.2) is 0 Å². The zero-order valence-electron chi connectivity index (χ0n) is 10.7. The summed E-state index contributed by atoms with van der Waals surface area (Å²) in [6, 6.07) is 7.53. The summed E-state index contributed by atoms with van der Waals surface area (Å²) in [4.78, 5) is 4.28. The minimum Gasteiger partial charge on any atom is -0.492 e. The molecule has 2 rings (SSSR count). The van der Waals surface area contributed by atoms with Crippen molar-refractivity contribution in [1.82, 2.24) is 10.3 Å². The van der Waals surface area contributed by atoms with Gasteiger partial charge in [0.05, 0.1) is 10.5 Å². The van der Waals surface area contributed by atoms with Gasteiger partial charge in [0, 0.05) is 24.2 Å². The molecule has 3 N–H and O–H groups in total. The molecule has 0 radical (unpaired) electrons. The van der Waals surface area contributed by atoms with Gasteiger partial charge in [0.25, 0.3) is 0 Å². The highest BCUT2D eigenvalue weighted by Crippen LogP contribution is 2.24. The molecular weight excluding hydrogens is 262 g/mol. The smallest absolute Gasteiger partial charge is 0.121 e. The fourth-order valence-corrected chi connectivity index (χ4v) is 1.99. The number of hydrogen-bond donors (Lipinski definition) is 2. The van der Waals surface area contributed by atoms with Crippen molar-refractivity contribution in [3.05, 3.63) is 35.5 Å². The first-order valence-electron chi connectivity index (χ1n) is 6.39. The third-order valence-electron chi connectivity index (χ3n) is 2.77. The highest BCUT2D eigenvalue weighted by atomic mass is 35.5. The summed E-state index contributed by atoms with van der Waals surface area (Å²) >= 11 is 6.08. The Balaban J connectivity index is 1.88. The van der Waals surface area contributed by atoms with Gasteiger partial charge in [-0.15, -0.1) is 0 Å². The van der Waals surface area contributed by atoms with E-state index in [0.29, 0.717) is 18.2 Å². The van der Waals surface area contributed by atoms with Gasteiger partial charge < -0.3 is 15.8 Å². The maximum Gasteiger partial charge on any atom is 0.121 e. The summed E-state index contributed by atoms with van der Waals surface area (Å²) in [6.07, 6.45) is 2.68. The number of halogens is 1. The first kappa shape index (κ1) is 14.1. The van der Waals surface area contributed by atoms with Crippen LogP contribution in [0.5, 0.6) is 5.75 Å². The van der Waals surface area contributed by atoms with Crippen LogP contribution < -0.4 is 15.8 Å². The lowest BCUT2D eigenvalue weighted by Gasteiger charge is -2.08. The molecule has 0 aliphatic carbocycles. The monoisotopic (exact) mass is 279 g/mol. The number of pyridine rings is 1. The van der Waals surface area contributed by atoms with E-state index in [-0.39, 0.29) is 0 Å². The zero-order chi connectivity index (χ0) is 13.5. The molecule has 0 aliphatic heterocycles. The summed E-state index contributed by atoms with van der Waals surface area (Å²) in [5.74, 6) is 0.808. The van der Waals surface area contributed by atoms with Crippen molar-refractivity contribution in [1.29, 1.82) is 0 Å². The molecule has 0 fully saturated rings. The third kappa shape index (κ3) is 4.06. The van der Waals surface area contributed by atoms with Crippen molar-refractivity contribution in [3.63, 3.8) is 0 Å². The molecule has 5 heteroatoms. The Morgan fingerprint density at radius 3 is 3.00 bits per heavy atom. The molecule has 0 saturated carbocycles. The van der Waals surface area contributed by atoms with Crippen LogP contribution >= 0.6 is 11.6 Å². The Morgan fingerprint density at radius 1 is 1.26 bits per heavy atom. The highest BCUT2D eigenvalue weighted by molar-refractivity contribution is 6.35. The van der Waals surface area contributed by atoms with Crippen LogP contribution in [0.3, 0.4) is 0 Å². The van der Waals surface area contributed by atoms with Gasteiger partial charge in [-0.05, 0) is 37.7 Å². The van der Waals surface area contributed by atoms with Gasteiger partial charge in [-0.3, -0.25) is 4.98 Å². The topological polar surface area (TPSA) is 60.2 Å². The quantitative estimate of drug-likeness (QED) is 0.763. The minimum absolute atomic E-state index is 0.622. The lowest BCUT2D eigenvalue weighted by atomic mass is 10.2. The molecule has 102 valence electrons. The van der Waals surface area contributed by atoms with Crippen LogP contribution in [-0.2, 0) is 0 Å². The van der Waals surface area contributed by atoms with E-state index in [2.05, 4.69) is 10.3 Å². The summed E-state index contributed by atoms with van der Waals surface area (Å²) in [5, 5.41) is 4.91. The lowest BCUT2D eigenvalue weighted by molar-refractivity contribution is 0.314. The molecule has 1 aromatic heterocycles. The Labute approximate surface area is 117 Å². The number of benzene rings is 1. The number of nitrogens with zero attached hydrogens (tertiary/aromatic N) is 1. The summed E-state index contributed by atoms with van der Waals surface area (Å²) in [7, 11) is 0. The van der Waals surface area contributed by atoms with Gasteiger partial charge in [-0.2, -0.15) is 0 Å². The molecule has 0 amide bonds. The van der Waals surface area contributed by atoms with Crippen molar-refractivity contribution in [2.75, 3.05) is 26.2 Å². The van der Waals surface area contributed by atoms with Gasteiger partial charge in [0.1, 0.15) is 12.4 Å². The van der Waals surface area contributed by atoms with Crippen LogP contribution in [-0.4, -0.2) is 31.2 Å². The van der Waals surface area contributed by atoms with E-state index in [0.717, 1.165) is 36.2 Å². The van der Waals surface area contributed by atoms with Crippen LogP contribution in [0, 0.1) is 0 Å². The van der Waals surface area contributed by atoms with Gasteiger partial charge in [-0.25, -0.2) is 0 Å². The summed E-state index contributed by atoms with van der Waals surface area (Å²) in [5.41, 5.74) is 6.26. The van der Waals surface area contributed by atoms with Crippen LogP contribution in [0.4, 0.5) is 0 Å². The van der Waals surface area contributed by atoms with E-state index >= 15 is 0 Å². The van der Waals surface area contributed by atoms with Crippen molar-refractivity contribution in [2.45, 2.75) is 6.42 Å². The minimum atomic E-state index is 0.622. The molecule has 0 saturated heterocycles. The number of rotatable bonds is 7. The number of aromatic nitrogens is 1. The van der Waals surface area contributed by atoms with Crippen molar-refractivity contribution >= 4 is 22.5 Å². The molecule has 0 atom stereocenters. The Bertz CT molecular complexity index is 533. The van der Waals surface area contributed by atoms with E-state index in [1.54, 1.807) is 12.3 Å². The normalized spacial score (nSPS) is 10.8. The first-order valence-corrected chi connectivity index (χ1v) is 6.77. The van der Waals surface area contributed by atoms with E-state index < -0.39 is 0 Å². The van der Waals surface area contributed by atoms with Crippen LogP contribution in [0.25, 0.3) is 10.9 Å². The number of nitrogens with two attached hydrogens (primary N) is 1. The maximum atomic E-state index is 6.08. The average Bonchev–Trinajstić information content (AvgIpc) is 2.43. The van der Waals surface area contributed by atoms with Gasteiger partial charge in [-0.1, -0.05) is 11.6 Å². The fourth-order valence-electron chi connectivity index (χ4n) is 1.78. The van der Waals surface area contributed by atoms with Crippen molar-refractivity contribution < 1.29 is 4.74 Å². The number of nitrogens with one attached hydrogen (secondary N) is 1. The van der Waals surface area contributed by atoms with E-state index in [1.165, 1.54) is 0 Å². The standard InChI is InChI=1S/C14H18ClN3O/c15-13-4-7-18-14-10-11(2-3-12(13)14)19-9-8-17-6-1-5-16/h2-4,7,10,17H,1,5-6,8-9,16H2. The fraction of sp³-hybridized carbons (Fsp3) is 0.357. The van der Waals surface area contributed by atoms with E-state index in [4.69, 9.17) is 22.1 Å². The summed E-state index contributed by atoms with van der Waals surface area (Å²) in [6.45, 7) is 3.07. The summed E-state index contributed by atoms with van der Waals surface area (Å²) < 4.78 is 5.66. The largest absolute Gasteiger partial charge is 0.492 e. The Hall–Kier alpha value is -1.36. The van der Waals surface area contributed by atoms with Crippen LogP contribution in [0.15, 0.2) is 30.5 Å². The second kappa shape index (κ2) is 7.28. The SMILES string of the molecule is NCCCNCCOc1ccc2c(Cl)ccnc2c1. The lowest BCUT2D eigenvalue weighted by Crippen LogP contribution is -2.23.